The summed E-state index contributed by atoms with van der Waals surface area (Å²) in [4.78, 5) is 11.2. The van der Waals surface area contributed by atoms with Crippen LogP contribution in [0.4, 0.5) is 0 Å². The number of nitrogens with zero attached hydrogens (tertiary/aromatic N) is 1. The Balaban J connectivity index is 2.35. The van der Waals surface area contributed by atoms with Crippen molar-refractivity contribution in [2.45, 2.75) is 6.42 Å². The molecule has 0 spiro atoms. The average molecular weight is 265 g/mol. The maximum Gasteiger partial charge on any atom is 0.309 e. The molecule has 1 aromatic heterocycles. The van der Waals surface area contributed by atoms with Gasteiger partial charge in [-0.3, -0.25) is 4.79 Å². The molecule has 0 amide bonds. The van der Waals surface area contributed by atoms with Crippen molar-refractivity contribution in [1.82, 2.24) is 4.57 Å². The number of para-hydroxylation sites is 1. The molecule has 1 heterocycles. The molecule has 20 heavy (non-hydrogen) atoms. The highest BCUT2D eigenvalue weighted by Crippen LogP contribution is 2.34. The first-order chi connectivity index (χ1) is 9.68. The number of hydrogen-bond donors (Lipinski definition) is 1. The molecule has 3 heteroatoms. The molecule has 0 bridgehead atoms. The first kappa shape index (κ1) is 12.5. The van der Waals surface area contributed by atoms with Crippen molar-refractivity contribution in [1.29, 1.82) is 0 Å². The van der Waals surface area contributed by atoms with Gasteiger partial charge in [0.15, 0.2) is 0 Å². The molecule has 3 rings (SSSR count). The fourth-order valence-electron chi connectivity index (χ4n) is 2.72. The van der Waals surface area contributed by atoms with Crippen LogP contribution in [0.2, 0.25) is 0 Å². The zero-order valence-corrected chi connectivity index (χ0v) is 11.2. The number of aryl methyl sites for hydroxylation is 1. The van der Waals surface area contributed by atoms with Crippen LogP contribution in [0.5, 0.6) is 0 Å². The third-order valence-electron chi connectivity index (χ3n) is 3.61. The van der Waals surface area contributed by atoms with Gasteiger partial charge in [-0.05, 0) is 11.6 Å². The fourth-order valence-corrected chi connectivity index (χ4v) is 2.72. The molecule has 0 fully saturated rings. The number of benzene rings is 2. The van der Waals surface area contributed by atoms with Crippen LogP contribution < -0.4 is 0 Å². The van der Waals surface area contributed by atoms with Gasteiger partial charge in [0.05, 0.1) is 6.42 Å². The molecule has 3 nitrogen and oxygen atoms in total. The third kappa shape index (κ3) is 1.97. The van der Waals surface area contributed by atoms with Crippen molar-refractivity contribution < 1.29 is 9.90 Å². The summed E-state index contributed by atoms with van der Waals surface area (Å²) in [6.07, 6.45) is 0.0232. The maximum absolute atomic E-state index is 11.2. The molecule has 0 unspecified atom stereocenters. The minimum Gasteiger partial charge on any atom is -0.481 e. The van der Waals surface area contributed by atoms with Crippen LogP contribution in [0.1, 0.15) is 5.69 Å². The highest BCUT2D eigenvalue weighted by Gasteiger charge is 2.18. The Bertz CT molecular complexity index is 772. The molecule has 0 aliphatic rings. The molecule has 0 aliphatic heterocycles. The van der Waals surface area contributed by atoms with Crippen LogP contribution in [0.15, 0.2) is 54.6 Å². The Morgan fingerprint density at radius 2 is 1.70 bits per heavy atom. The first-order valence-corrected chi connectivity index (χ1v) is 6.52. The Morgan fingerprint density at radius 3 is 2.40 bits per heavy atom. The normalized spacial score (nSPS) is 10.8. The van der Waals surface area contributed by atoms with Gasteiger partial charge in [0.2, 0.25) is 0 Å². The number of hydrogen-bond acceptors (Lipinski definition) is 1. The number of carboxylic acids is 1. The minimum atomic E-state index is -0.812. The van der Waals surface area contributed by atoms with E-state index in [1.165, 1.54) is 0 Å². The molecule has 3 aromatic rings. The van der Waals surface area contributed by atoms with Crippen molar-refractivity contribution in [3.8, 4) is 11.1 Å². The largest absolute Gasteiger partial charge is 0.481 e. The molecule has 1 N–H and O–H groups in total. The predicted octanol–water partition coefficient (Wildman–Crippen LogP) is 3.47. The minimum absolute atomic E-state index is 0.0232. The van der Waals surface area contributed by atoms with E-state index in [1.54, 1.807) is 0 Å². The molecule has 0 aliphatic carbocycles. The number of rotatable bonds is 3. The van der Waals surface area contributed by atoms with E-state index >= 15 is 0 Å². The highest BCUT2D eigenvalue weighted by molar-refractivity contribution is 5.99. The molecular formula is C17H15NO2. The molecule has 0 atom stereocenters. The van der Waals surface area contributed by atoms with Gasteiger partial charge in [0.1, 0.15) is 0 Å². The van der Waals surface area contributed by atoms with Crippen LogP contribution in [0, 0.1) is 0 Å². The second kappa shape index (κ2) is 4.85. The SMILES string of the molecule is Cn1c(CC(=O)O)c(-c2ccccc2)c2ccccc21. The Morgan fingerprint density at radius 1 is 1.05 bits per heavy atom. The molecular weight excluding hydrogens is 250 g/mol. The summed E-state index contributed by atoms with van der Waals surface area (Å²) in [6.45, 7) is 0. The van der Waals surface area contributed by atoms with Crippen LogP contribution in [-0.4, -0.2) is 15.6 Å². The van der Waals surface area contributed by atoms with Crippen LogP contribution in [0.25, 0.3) is 22.0 Å². The summed E-state index contributed by atoms with van der Waals surface area (Å²) in [5.41, 5.74) is 3.97. The van der Waals surface area contributed by atoms with E-state index < -0.39 is 5.97 Å². The molecule has 0 saturated carbocycles. The summed E-state index contributed by atoms with van der Waals surface area (Å²) in [5, 5.41) is 10.3. The van der Waals surface area contributed by atoms with Gasteiger partial charge in [0.25, 0.3) is 0 Å². The monoisotopic (exact) mass is 265 g/mol. The Hall–Kier alpha value is -2.55. The molecule has 100 valence electrons. The maximum atomic E-state index is 11.2. The second-order valence-electron chi connectivity index (χ2n) is 4.83. The van der Waals surface area contributed by atoms with Gasteiger partial charge in [-0.2, -0.15) is 0 Å². The topological polar surface area (TPSA) is 42.2 Å². The number of aromatic nitrogens is 1. The summed E-state index contributed by atoms with van der Waals surface area (Å²) < 4.78 is 1.98. The van der Waals surface area contributed by atoms with E-state index in [2.05, 4.69) is 0 Å². The van der Waals surface area contributed by atoms with Crippen LogP contribution in [0.3, 0.4) is 0 Å². The van der Waals surface area contributed by atoms with Gasteiger partial charge in [0, 0.05) is 29.2 Å². The lowest BCUT2D eigenvalue weighted by Gasteiger charge is -2.06. The van der Waals surface area contributed by atoms with Crippen molar-refractivity contribution in [3.05, 3.63) is 60.3 Å². The summed E-state index contributed by atoms with van der Waals surface area (Å²) in [7, 11) is 1.92. The summed E-state index contributed by atoms with van der Waals surface area (Å²) in [6, 6.07) is 18.0. The molecule has 0 saturated heterocycles. The molecule has 0 radical (unpaired) electrons. The van der Waals surface area contributed by atoms with Crippen LogP contribution >= 0.6 is 0 Å². The van der Waals surface area contributed by atoms with Gasteiger partial charge < -0.3 is 9.67 Å². The standard InChI is InChI=1S/C17H15NO2/c1-18-14-10-6-5-9-13(14)17(15(18)11-16(19)20)12-7-3-2-4-8-12/h2-10H,11H2,1H3,(H,19,20). The van der Waals surface area contributed by atoms with Crippen molar-refractivity contribution in [3.63, 3.8) is 0 Å². The van der Waals surface area contributed by atoms with E-state index in [4.69, 9.17) is 0 Å². The van der Waals surface area contributed by atoms with Crippen molar-refractivity contribution in [2.75, 3.05) is 0 Å². The number of carbonyl (C=O) groups is 1. The van der Waals surface area contributed by atoms with E-state index in [0.29, 0.717) is 0 Å². The molecule has 2 aromatic carbocycles. The van der Waals surface area contributed by atoms with Crippen LogP contribution in [-0.2, 0) is 18.3 Å². The predicted molar refractivity (Wildman–Crippen MR) is 79.7 cm³/mol. The lowest BCUT2D eigenvalue weighted by atomic mass is 10.0. The average Bonchev–Trinajstić information content (AvgIpc) is 2.73. The van der Waals surface area contributed by atoms with Crippen molar-refractivity contribution in [2.24, 2.45) is 7.05 Å². The number of aliphatic carboxylic acids is 1. The number of carboxylic acid groups (broad SMARTS) is 1. The lowest BCUT2D eigenvalue weighted by molar-refractivity contribution is -0.136. The number of fused-ring (bicyclic) bond motifs is 1. The summed E-state index contributed by atoms with van der Waals surface area (Å²) >= 11 is 0. The third-order valence-corrected chi connectivity index (χ3v) is 3.61. The van der Waals surface area contributed by atoms with Gasteiger partial charge in [-0.1, -0.05) is 48.5 Å². The Kier molecular flexibility index (Phi) is 3.03. The fraction of sp³-hybridized carbons (Fsp3) is 0.118. The quantitative estimate of drug-likeness (QED) is 0.788. The lowest BCUT2D eigenvalue weighted by Crippen LogP contribution is -2.06. The van der Waals surface area contributed by atoms with E-state index in [-0.39, 0.29) is 6.42 Å². The van der Waals surface area contributed by atoms with Gasteiger partial charge in [-0.15, -0.1) is 0 Å². The first-order valence-electron chi connectivity index (χ1n) is 6.52. The van der Waals surface area contributed by atoms with E-state index in [1.807, 2.05) is 66.2 Å². The Labute approximate surface area is 117 Å². The van der Waals surface area contributed by atoms with Gasteiger partial charge >= 0.3 is 5.97 Å². The smallest absolute Gasteiger partial charge is 0.309 e. The van der Waals surface area contributed by atoms with Gasteiger partial charge in [-0.25, -0.2) is 0 Å². The zero-order valence-electron chi connectivity index (χ0n) is 11.2. The van der Waals surface area contributed by atoms with E-state index in [9.17, 15) is 9.90 Å². The van der Waals surface area contributed by atoms with E-state index in [0.717, 1.165) is 27.7 Å². The summed E-state index contributed by atoms with van der Waals surface area (Å²) in [5.74, 6) is -0.812. The van der Waals surface area contributed by atoms with Crippen molar-refractivity contribution >= 4 is 16.9 Å². The zero-order chi connectivity index (χ0) is 14.1. The highest BCUT2D eigenvalue weighted by atomic mass is 16.4. The second-order valence-corrected chi connectivity index (χ2v) is 4.83.